The number of rotatable bonds is 8. The number of carbonyl (C=O) groups is 2. The van der Waals surface area contributed by atoms with Crippen LogP contribution in [-0.4, -0.2) is 84.9 Å². The fraction of sp³-hybridized carbons (Fsp3) is 0.609. The molecule has 0 unspecified atom stereocenters. The maximum absolute atomic E-state index is 12.5. The first-order valence-electron chi connectivity index (χ1n) is 11.5. The lowest BCUT2D eigenvalue weighted by atomic mass is 10.0. The van der Waals surface area contributed by atoms with Crippen molar-refractivity contribution in [2.45, 2.75) is 44.6 Å². The molecule has 0 bridgehead atoms. The van der Waals surface area contributed by atoms with Crippen molar-refractivity contribution in [2.24, 2.45) is 10.8 Å². The molecule has 2 heterocycles. The van der Waals surface area contributed by atoms with Crippen LogP contribution in [0.2, 0.25) is 0 Å². The Morgan fingerprint density at radius 2 is 1.81 bits per heavy atom. The van der Waals surface area contributed by atoms with Crippen molar-refractivity contribution in [1.82, 2.24) is 14.8 Å². The average Bonchev–Trinajstić information content (AvgIpc) is 3.29. The number of amides is 2. The van der Waals surface area contributed by atoms with Crippen LogP contribution >= 0.6 is 0 Å². The molecule has 2 amide bonds. The minimum atomic E-state index is -0.310. The third kappa shape index (κ3) is 5.58. The maximum Gasteiger partial charge on any atom is 0.244 e. The van der Waals surface area contributed by atoms with E-state index in [9.17, 15) is 9.59 Å². The SMILES string of the molecule is COc1ccc(C2=NN(CN3CCN(CC(N)=O)CC3)C(=O)CC2)cc1OC1CCCC1. The number of hydrogen-bond donors (Lipinski definition) is 1. The van der Waals surface area contributed by atoms with Crippen LogP contribution in [0, 0.1) is 0 Å². The standard InChI is InChI=1S/C23H33N5O4/c1-31-20-8-6-17(14-21(20)32-18-4-2-3-5-18)19-7-9-23(30)28(25-19)16-27-12-10-26(11-13-27)15-22(24)29/h6,8,14,18H,2-5,7,9-13,15-16H2,1H3,(H2,24,29). The van der Waals surface area contributed by atoms with Crippen molar-refractivity contribution in [1.29, 1.82) is 0 Å². The number of methoxy groups -OCH3 is 1. The summed E-state index contributed by atoms with van der Waals surface area (Å²) in [5, 5.41) is 6.27. The number of hydrazone groups is 1. The van der Waals surface area contributed by atoms with E-state index in [0.717, 1.165) is 61.8 Å². The molecule has 1 aliphatic carbocycles. The quantitative estimate of drug-likeness (QED) is 0.652. The number of hydrogen-bond acceptors (Lipinski definition) is 7. The Hall–Kier alpha value is -2.65. The second kappa shape index (κ2) is 10.3. The first-order chi connectivity index (χ1) is 15.5. The summed E-state index contributed by atoms with van der Waals surface area (Å²) in [7, 11) is 1.65. The second-order valence-corrected chi connectivity index (χ2v) is 8.73. The molecule has 9 nitrogen and oxygen atoms in total. The largest absolute Gasteiger partial charge is 0.493 e. The van der Waals surface area contributed by atoms with Crippen molar-refractivity contribution in [2.75, 3.05) is 46.5 Å². The normalized spacial score (nSPS) is 21.0. The van der Waals surface area contributed by atoms with Crippen LogP contribution in [0.25, 0.3) is 0 Å². The zero-order valence-corrected chi connectivity index (χ0v) is 18.8. The molecular formula is C23H33N5O4. The molecule has 1 saturated carbocycles. The molecule has 32 heavy (non-hydrogen) atoms. The van der Waals surface area contributed by atoms with Crippen molar-refractivity contribution in [3.8, 4) is 11.5 Å². The van der Waals surface area contributed by atoms with Crippen molar-refractivity contribution in [3.63, 3.8) is 0 Å². The molecule has 2 fully saturated rings. The maximum atomic E-state index is 12.5. The van der Waals surface area contributed by atoms with Gasteiger partial charge >= 0.3 is 0 Å². The van der Waals surface area contributed by atoms with Gasteiger partial charge in [-0.2, -0.15) is 5.10 Å². The number of primary amides is 1. The van der Waals surface area contributed by atoms with Crippen LogP contribution in [0.3, 0.4) is 0 Å². The lowest BCUT2D eigenvalue weighted by molar-refractivity contribution is -0.134. The predicted octanol–water partition coefficient (Wildman–Crippen LogP) is 1.40. The van der Waals surface area contributed by atoms with Gasteiger partial charge in [0.25, 0.3) is 0 Å². The van der Waals surface area contributed by atoms with Gasteiger partial charge < -0.3 is 15.2 Å². The fourth-order valence-corrected chi connectivity index (χ4v) is 4.55. The molecule has 1 saturated heterocycles. The molecule has 0 atom stereocenters. The third-order valence-corrected chi connectivity index (χ3v) is 6.38. The Morgan fingerprint density at radius 1 is 1.09 bits per heavy atom. The Kier molecular flexibility index (Phi) is 7.26. The fourth-order valence-electron chi connectivity index (χ4n) is 4.55. The Labute approximate surface area is 189 Å². The molecule has 4 rings (SSSR count). The van der Waals surface area contributed by atoms with Crippen LogP contribution in [-0.2, 0) is 9.59 Å². The summed E-state index contributed by atoms with van der Waals surface area (Å²) < 4.78 is 11.7. The lowest BCUT2D eigenvalue weighted by Crippen LogP contribution is -2.52. The number of carbonyl (C=O) groups excluding carboxylic acids is 2. The second-order valence-electron chi connectivity index (χ2n) is 8.73. The minimum Gasteiger partial charge on any atom is -0.493 e. The molecule has 0 spiro atoms. The van der Waals surface area contributed by atoms with Crippen LogP contribution < -0.4 is 15.2 Å². The summed E-state index contributed by atoms with van der Waals surface area (Å²) in [6.45, 7) is 3.77. The van der Waals surface area contributed by atoms with Gasteiger partial charge in [0.1, 0.15) is 0 Å². The van der Waals surface area contributed by atoms with E-state index in [4.69, 9.17) is 20.3 Å². The van der Waals surface area contributed by atoms with E-state index in [1.165, 1.54) is 12.8 Å². The first-order valence-corrected chi connectivity index (χ1v) is 11.5. The van der Waals surface area contributed by atoms with Gasteiger partial charge in [-0.05, 0) is 43.9 Å². The topological polar surface area (TPSA) is 101 Å². The summed E-state index contributed by atoms with van der Waals surface area (Å²) in [6.07, 6.45) is 5.83. The highest BCUT2D eigenvalue weighted by Gasteiger charge is 2.26. The number of ether oxygens (including phenoxy) is 2. The van der Waals surface area contributed by atoms with Gasteiger partial charge in [0.05, 0.1) is 32.1 Å². The Bertz CT molecular complexity index is 860. The van der Waals surface area contributed by atoms with E-state index in [2.05, 4.69) is 4.90 Å². The van der Waals surface area contributed by atoms with E-state index in [1.807, 2.05) is 23.1 Å². The summed E-state index contributed by atoms with van der Waals surface area (Å²) >= 11 is 0. The van der Waals surface area contributed by atoms with Crippen LogP contribution in [0.5, 0.6) is 11.5 Å². The summed E-state index contributed by atoms with van der Waals surface area (Å²) in [6, 6.07) is 5.89. The van der Waals surface area contributed by atoms with Gasteiger partial charge in [0.15, 0.2) is 11.5 Å². The molecule has 2 N–H and O–H groups in total. The summed E-state index contributed by atoms with van der Waals surface area (Å²) in [5.41, 5.74) is 7.13. The molecular weight excluding hydrogens is 410 g/mol. The van der Waals surface area contributed by atoms with E-state index < -0.39 is 0 Å². The highest BCUT2D eigenvalue weighted by Crippen LogP contribution is 2.33. The molecule has 1 aromatic rings. The molecule has 174 valence electrons. The van der Waals surface area contributed by atoms with Gasteiger partial charge in [-0.15, -0.1) is 0 Å². The van der Waals surface area contributed by atoms with E-state index >= 15 is 0 Å². The summed E-state index contributed by atoms with van der Waals surface area (Å²) in [4.78, 5) is 27.9. The minimum absolute atomic E-state index is 0.0317. The summed E-state index contributed by atoms with van der Waals surface area (Å²) in [5.74, 6) is 1.19. The number of benzene rings is 1. The highest BCUT2D eigenvalue weighted by atomic mass is 16.5. The third-order valence-electron chi connectivity index (χ3n) is 6.38. The van der Waals surface area contributed by atoms with E-state index in [1.54, 1.807) is 12.1 Å². The van der Waals surface area contributed by atoms with Gasteiger partial charge in [-0.3, -0.25) is 19.4 Å². The predicted molar refractivity (Wildman–Crippen MR) is 121 cm³/mol. The van der Waals surface area contributed by atoms with Gasteiger partial charge in [-0.25, -0.2) is 5.01 Å². The van der Waals surface area contributed by atoms with E-state index in [0.29, 0.717) is 19.5 Å². The number of nitrogens with two attached hydrogens (primary N) is 1. The van der Waals surface area contributed by atoms with Gasteiger partial charge in [0.2, 0.25) is 11.8 Å². The number of piperazine rings is 1. The Morgan fingerprint density at radius 3 is 2.50 bits per heavy atom. The van der Waals surface area contributed by atoms with E-state index in [-0.39, 0.29) is 24.5 Å². The molecule has 3 aliphatic rings. The van der Waals surface area contributed by atoms with Crippen LogP contribution in [0.4, 0.5) is 0 Å². The molecule has 9 heteroatoms. The van der Waals surface area contributed by atoms with Gasteiger partial charge in [-0.1, -0.05) is 0 Å². The van der Waals surface area contributed by atoms with Crippen LogP contribution in [0.1, 0.15) is 44.1 Å². The zero-order valence-electron chi connectivity index (χ0n) is 18.8. The zero-order chi connectivity index (χ0) is 22.5. The van der Waals surface area contributed by atoms with Crippen molar-refractivity contribution >= 4 is 17.5 Å². The Balaban J connectivity index is 1.43. The van der Waals surface area contributed by atoms with Gasteiger partial charge in [0, 0.05) is 44.6 Å². The highest BCUT2D eigenvalue weighted by molar-refractivity contribution is 6.04. The number of nitrogens with zero attached hydrogens (tertiary/aromatic N) is 4. The average molecular weight is 444 g/mol. The first kappa shape index (κ1) is 22.5. The molecule has 0 radical (unpaired) electrons. The molecule has 0 aromatic heterocycles. The van der Waals surface area contributed by atoms with Crippen molar-refractivity contribution < 1.29 is 19.1 Å². The van der Waals surface area contributed by atoms with Crippen molar-refractivity contribution in [3.05, 3.63) is 23.8 Å². The molecule has 2 aliphatic heterocycles. The monoisotopic (exact) mass is 443 g/mol. The lowest BCUT2D eigenvalue weighted by Gasteiger charge is -2.36. The smallest absolute Gasteiger partial charge is 0.244 e. The molecule has 1 aromatic carbocycles. The van der Waals surface area contributed by atoms with Crippen LogP contribution in [0.15, 0.2) is 23.3 Å².